The van der Waals surface area contributed by atoms with E-state index in [2.05, 4.69) is 134 Å². The molecule has 3 aromatic rings. The Bertz CT molecular complexity index is 1200. The van der Waals surface area contributed by atoms with Crippen molar-refractivity contribution in [2.75, 3.05) is 4.90 Å². The molecule has 0 aromatic heterocycles. The molecule has 1 nitrogen and oxygen atoms in total. The minimum Gasteiger partial charge on any atom is -0.309 e. The molecule has 0 N–H and O–H groups in total. The van der Waals surface area contributed by atoms with Gasteiger partial charge in [0.05, 0.1) is 17.1 Å². The number of para-hydroxylation sites is 1. The zero-order valence-electron chi connectivity index (χ0n) is 18.2. The first kappa shape index (κ1) is 19.6. The topological polar surface area (TPSA) is 3.24 Å². The Morgan fingerprint density at radius 2 is 0.833 bits per heavy atom. The van der Waals surface area contributed by atoms with Gasteiger partial charge in [0.2, 0.25) is 0 Å². The zero-order valence-corrected chi connectivity index (χ0v) is 22.6. The molecule has 0 unspecified atom stereocenters. The van der Waals surface area contributed by atoms with Gasteiger partial charge >= 0.3 is 0 Å². The number of benzene rings is 3. The van der Waals surface area contributed by atoms with E-state index < -0.39 is 0 Å². The van der Waals surface area contributed by atoms with Crippen LogP contribution in [0.15, 0.2) is 42.5 Å². The predicted octanol–water partition coefficient (Wildman–Crippen LogP) is 8.28. The predicted molar refractivity (Wildman–Crippen MR) is 143 cm³/mol. The second kappa shape index (κ2) is 5.64. The SMILES string of the molecule is CC1(C)c2cccc3c2N2c4c1cc(I)cc4C(C)(C)c1cc(I)cc(c12)C3(C)C. The Morgan fingerprint density at radius 1 is 0.533 bits per heavy atom. The Labute approximate surface area is 206 Å². The molecule has 6 rings (SSSR count). The first-order valence-corrected chi connectivity index (χ1v) is 12.8. The van der Waals surface area contributed by atoms with E-state index in [-0.39, 0.29) is 16.2 Å². The van der Waals surface area contributed by atoms with Crippen LogP contribution in [0.3, 0.4) is 0 Å². The lowest BCUT2D eigenvalue weighted by Crippen LogP contribution is -2.43. The molecular formula is C27H25I2N. The summed E-state index contributed by atoms with van der Waals surface area (Å²) >= 11 is 5.02. The van der Waals surface area contributed by atoms with Crippen LogP contribution in [0, 0.1) is 7.14 Å². The maximum absolute atomic E-state index is 2.63. The Kier molecular flexibility index (Phi) is 3.68. The molecular weight excluding hydrogens is 592 g/mol. The molecule has 3 heteroatoms. The van der Waals surface area contributed by atoms with Crippen molar-refractivity contribution >= 4 is 62.2 Å². The highest BCUT2D eigenvalue weighted by Crippen LogP contribution is 2.66. The van der Waals surface area contributed by atoms with Gasteiger partial charge in [-0.05, 0) is 103 Å². The van der Waals surface area contributed by atoms with Gasteiger partial charge in [0, 0.05) is 23.4 Å². The fourth-order valence-corrected chi connectivity index (χ4v) is 7.40. The van der Waals surface area contributed by atoms with E-state index in [0.717, 1.165) is 0 Å². The van der Waals surface area contributed by atoms with E-state index in [1.165, 1.54) is 57.6 Å². The van der Waals surface area contributed by atoms with Crippen molar-refractivity contribution in [3.05, 3.63) is 83.0 Å². The summed E-state index contributed by atoms with van der Waals surface area (Å²) < 4.78 is 2.66. The van der Waals surface area contributed by atoms with Gasteiger partial charge in [-0.1, -0.05) is 59.7 Å². The molecule has 0 radical (unpaired) electrons. The highest BCUT2D eigenvalue weighted by Gasteiger charge is 2.51. The number of rotatable bonds is 0. The Morgan fingerprint density at radius 3 is 1.20 bits per heavy atom. The Hall–Kier alpha value is -1.08. The monoisotopic (exact) mass is 617 g/mol. The van der Waals surface area contributed by atoms with Crippen LogP contribution < -0.4 is 4.90 Å². The molecule has 3 heterocycles. The van der Waals surface area contributed by atoms with Crippen molar-refractivity contribution in [1.29, 1.82) is 0 Å². The summed E-state index contributed by atoms with van der Waals surface area (Å²) in [6.45, 7) is 14.5. The van der Waals surface area contributed by atoms with Crippen LogP contribution in [0.1, 0.15) is 74.9 Å². The highest BCUT2D eigenvalue weighted by molar-refractivity contribution is 14.1. The summed E-state index contributed by atoms with van der Waals surface area (Å²) in [5.41, 5.74) is 12.9. The van der Waals surface area contributed by atoms with E-state index >= 15 is 0 Å². The van der Waals surface area contributed by atoms with Crippen LogP contribution in [-0.4, -0.2) is 0 Å². The lowest BCUT2D eigenvalue weighted by molar-refractivity contribution is 0.565. The minimum absolute atomic E-state index is 0.0303. The average Bonchev–Trinajstić information content (AvgIpc) is 2.66. The normalized spacial score (nSPS) is 20.1. The lowest BCUT2D eigenvalue weighted by atomic mass is 9.61. The summed E-state index contributed by atoms with van der Waals surface area (Å²) in [6, 6.07) is 16.7. The van der Waals surface area contributed by atoms with Crippen molar-refractivity contribution in [3.8, 4) is 0 Å². The van der Waals surface area contributed by atoms with Crippen molar-refractivity contribution < 1.29 is 0 Å². The third-order valence-electron chi connectivity index (χ3n) is 7.90. The smallest absolute Gasteiger partial charge is 0.0544 e. The molecule has 3 aliphatic rings. The molecule has 0 saturated heterocycles. The first-order chi connectivity index (χ1) is 14.0. The van der Waals surface area contributed by atoms with Gasteiger partial charge in [-0.25, -0.2) is 0 Å². The fraction of sp³-hybridized carbons (Fsp3) is 0.333. The molecule has 0 fully saturated rings. The maximum Gasteiger partial charge on any atom is 0.0544 e. The quantitative estimate of drug-likeness (QED) is 0.230. The fourth-order valence-electron chi connectivity index (χ4n) is 6.15. The van der Waals surface area contributed by atoms with Gasteiger partial charge in [0.25, 0.3) is 0 Å². The van der Waals surface area contributed by atoms with Crippen molar-refractivity contribution in [1.82, 2.24) is 0 Å². The van der Waals surface area contributed by atoms with Crippen LogP contribution in [0.5, 0.6) is 0 Å². The Balaban J connectivity index is 1.90. The molecule has 30 heavy (non-hydrogen) atoms. The summed E-state index contributed by atoms with van der Waals surface area (Å²) in [5, 5.41) is 0. The zero-order chi connectivity index (χ0) is 21.4. The van der Waals surface area contributed by atoms with Gasteiger partial charge < -0.3 is 4.90 Å². The molecule has 0 aliphatic carbocycles. The van der Waals surface area contributed by atoms with Crippen LogP contribution >= 0.6 is 45.2 Å². The van der Waals surface area contributed by atoms with Gasteiger partial charge in [-0.15, -0.1) is 0 Å². The minimum atomic E-state index is -0.0387. The van der Waals surface area contributed by atoms with Crippen LogP contribution in [0.25, 0.3) is 0 Å². The first-order valence-electron chi connectivity index (χ1n) is 10.6. The number of hydrogen-bond acceptors (Lipinski definition) is 1. The number of anilines is 3. The van der Waals surface area contributed by atoms with Gasteiger partial charge in [-0.3, -0.25) is 0 Å². The lowest BCUT2D eigenvalue weighted by Gasteiger charge is -2.55. The standard InChI is InChI=1S/C27H25I2N/c1-25(2)16-8-7-9-17-22(16)30-23-18(25)10-14(28)12-20(23)27(5,6)21-13-15(29)11-19(24(21)30)26(17,3)4/h7-13H,1-6H3. The number of nitrogens with zero attached hydrogens (tertiary/aromatic N) is 1. The van der Waals surface area contributed by atoms with Crippen molar-refractivity contribution in [2.45, 2.75) is 57.8 Å². The molecule has 0 saturated carbocycles. The van der Waals surface area contributed by atoms with E-state index in [1.807, 2.05) is 0 Å². The number of hydrogen-bond donors (Lipinski definition) is 0. The maximum atomic E-state index is 2.63. The molecule has 0 amide bonds. The summed E-state index contributed by atoms with van der Waals surface area (Å²) in [4.78, 5) is 2.63. The van der Waals surface area contributed by atoms with E-state index in [1.54, 1.807) is 0 Å². The van der Waals surface area contributed by atoms with Crippen LogP contribution in [0.4, 0.5) is 17.1 Å². The molecule has 152 valence electrons. The second-order valence-electron chi connectivity index (χ2n) is 10.6. The highest BCUT2D eigenvalue weighted by atomic mass is 127. The number of halogens is 2. The van der Waals surface area contributed by atoms with E-state index in [0.29, 0.717) is 0 Å². The van der Waals surface area contributed by atoms with Gasteiger partial charge in [-0.2, -0.15) is 0 Å². The van der Waals surface area contributed by atoms with E-state index in [4.69, 9.17) is 0 Å². The van der Waals surface area contributed by atoms with Gasteiger partial charge in [0.15, 0.2) is 0 Å². The summed E-state index contributed by atoms with van der Waals surface area (Å²) in [6.07, 6.45) is 0. The second-order valence-corrected chi connectivity index (χ2v) is 13.1. The van der Waals surface area contributed by atoms with Gasteiger partial charge in [0.1, 0.15) is 0 Å². The van der Waals surface area contributed by atoms with Crippen molar-refractivity contribution in [2.24, 2.45) is 0 Å². The van der Waals surface area contributed by atoms with Crippen LogP contribution in [-0.2, 0) is 16.2 Å². The summed E-state index contributed by atoms with van der Waals surface area (Å²) in [5.74, 6) is 0. The molecule has 0 atom stereocenters. The van der Waals surface area contributed by atoms with Crippen LogP contribution in [0.2, 0.25) is 0 Å². The molecule has 0 bridgehead atoms. The molecule has 0 spiro atoms. The van der Waals surface area contributed by atoms with E-state index in [9.17, 15) is 0 Å². The summed E-state index contributed by atoms with van der Waals surface area (Å²) in [7, 11) is 0. The largest absolute Gasteiger partial charge is 0.309 e. The third kappa shape index (κ3) is 2.09. The molecule has 3 aromatic carbocycles. The average molecular weight is 617 g/mol. The van der Waals surface area contributed by atoms with Crippen molar-refractivity contribution in [3.63, 3.8) is 0 Å². The third-order valence-corrected chi connectivity index (χ3v) is 9.14. The molecule has 3 aliphatic heterocycles.